The van der Waals surface area contributed by atoms with Gasteiger partial charge in [-0.15, -0.1) is 11.3 Å². The first-order chi connectivity index (χ1) is 12.0. The van der Waals surface area contributed by atoms with Crippen LogP contribution in [-0.2, 0) is 0 Å². The van der Waals surface area contributed by atoms with Crippen molar-refractivity contribution < 1.29 is 18.9 Å². The number of hydrogen-bond acceptors (Lipinski definition) is 7. The smallest absolute Gasteiger partial charge is 0.304 e. The molecule has 0 N–H and O–H groups in total. The number of carbonyl (C=O) groups is 3. The van der Waals surface area contributed by atoms with E-state index in [9.17, 15) is 14.4 Å². The Labute approximate surface area is 145 Å². The van der Waals surface area contributed by atoms with Crippen molar-refractivity contribution in [3.63, 3.8) is 0 Å². The van der Waals surface area contributed by atoms with E-state index in [1.807, 2.05) is 0 Å². The highest BCUT2D eigenvalue weighted by molar-refractivity contribution is 7.14. The van der Waals surface area contributed by atoms with E-state index in [2.05, 4.69) is 10.1 Å². The second kappa shape index (κ2) is 5.45. The first-order valence-corrected chi connectivity index (χ1v) is 8.23. The predicted octanol–water partition coefficient (Wildman–Crippen LogP) is 2.78. The molecular formula is C17H11N3O4S. The minimum absolute atomic E-state index is 0.0932. The third kappa shape index (κ3) is 2.22. The van der Waals surface area contributed by atoms with Crippen LogP contribution in [0, 0.1) is 13.8 Å². The average Bonchev–Trinajstić information content (AvgIpc) is 3.24. The van der Waals surface area contributed by atoms with Gasteiger partial charge in [-0.2, -0.15) is 0 Å². The Kier molecular flexibility index (Phi) is 3.36. The van der Waals surface area contributed by atoms with Gasteiger partial charge in [-0.05, 0) is 26.0 Å². The standard InChI is InChI=1S/C17H11N3O4S/c1-8-15(25-9(2)18-8)13(21)12-11-14(24-19-12)17(23)20(16(11)22)10-6-4-3-5-7-10/h3-7H,1-2H3. The molecule has 1 aliphatic rings. The van der Waals surface area contributed by atoms with Crippen molar-refractivity contribution in [3.05, 3.63) is 62.9 Å². The second-order valence-electron chi connectivity index (χ2n) is 5.49. The first-order valence-electron chi connectivity index (χ1n) is 7.41. The van der Waals surface area contributed by atoms with E-state index in [0.717, 1.165) is 9.91 Å². The van der Waals surface area contributed by atoms with Gasteiger partial charge in [-0.1, -0.05) is 23.4 Å². The molecule has 124 valence electrons. The molecule has 0 unspecified atom stereocenters. The first kappa shape index (κ1) is 15.4. The molecular weight excluding hydrogens is 342 g/mol. The molecule has 2 amide bonds. The summed E-state index contributed by atoms with van der Waals surface area (Å²) in [6.45, 7) is 3.49. The van der Waals surface area contributed by atoms with Crippen LogP contribution >= 0.6 is 11.3 Å². The van der Waals surface area contributed by atoms with Gasteiger partial charge in [0, 0.05) is 0 Å². The summed E-state index contributed by atoms with van der Waals surface area (Å²) in [7, 11) is 0. The fourth-order valence-corrected chi connectivity index (χ4v) is 3.62. The highest BCUT2D eigenvalue weighted by Crippen LogP contribution is 2.32. The summed E-state index contributed by atoms with van der Waals surface area (Å²) >= 11 is 1.21. The number of imide groups is 1. The number of fused-ring (bicyclic) bond motifs is 1. The third-order valence-electron chi connectivity index (χ3n) is 3.85. The van der Waals surface area contributed by atoms with Crippen LogP contribution in [-0.4, -0.2) is 27.7 Å². The van der Waals surface area contributed by atoms with Crippen LogP contribution in [0.5, 0.6) is 0 Å². The molecule has 0 atom stereocenters. The van der Waals surface area contributed by atoms with E-state index in [4.69, 9.17) is 4.52 Å². The van der Waals surface area contributed by atoms with Crippen LogP contribution in [0.4, 0.5) is 5.69 Å². The Morgan fingerprint density at radius 3 is 2.48 bits per heavy atom. The number of carbonyl (C=O) groups excluding carboxylic acids is 3. The number of nitrogens with zero attached hydrogens (tertiary/aromatic N) is 3. The molecule has 1 aliphatic heterocycles. The Bertz CT molecular complexity index is 1040. The molecule has 8 heteroatoms. The van der Waals surface area contributed by atoms with Crippen LogP contribution in [0.2, 0.25) is 0 Å². The van der Waals surface area contributed by atoms with Crippen LogP contribution in [0.3, 0.4) is 0 Å². The maximum absolute atomic E-state index is 12.8. The van der Waals surface area contributed by atoms with Crippen molar-refractivity contribution in [2.45, 2.75) is 13.8 Å². The van der Waals surface area contributed by atoms with Gasteiger partial charge in [-0.25, -0.2) is 9.88 Å². The van der Waals surface area contributed by atoms with Gasteiger partial charge in [0.15, 0.2) is 5.69 Å². The van der Waals surface area contributed by atoms with Gasteiger partial charge in [0.25, 0.3) is 5.91 Å². The number of aryl methyl sites for hydroxylation is 2. The molecule has 0 bridgehead atoms. The third-order valence-corrected chi connectivity index (χ3v) is 4.92. The van der Waals surface area contributed by atoms with Gasteiger partial charge in [0.1, 0.15) is 5.56 Å². The van der Waals surface area contributed by atoms with Gasteiger partial charge in [-0.3, -0.25) is 14.4 Å². The molecule has 4 rings (SSSR count). The Morgan fingerprint density at radius 1 is 1.12 bits per heavy atom. The molecule has 7 nitrogen and oxygen atoms in total. The summed E-state index contributed by atoms with van der Waals surface area (Å²) in [6, 6.07) is 8.46. The number of para-hydroxylation sites is 1. The van der Waals surface area contributed by atoms with Crippen molar-refractivity contribution in [2.24, 2.45) is 0 Å². The molecule has 0 saturated carbocycles. The largest absolute Gasteiger partial charge is 0.349 e. The van der Waals surface area contributed by atoms with Crippen LogP contribution in [0.25, 0.3) is 0 Å². The highest BCUT2D eigenvalue weighted by Gasteiger charge is 2.45. The summed E-state index contributed by atoms with van der Waals surface area (Å²) in [4.78, 5) is 43.6. The lowest BCUT2D eigenvalue weighted by Gasteiger charge is -2.13. The quantitative estimate of drug-likeness (QED) is 0.531. The van der Waals surface area contributed by atoms with E-state index in [0.29, 0.717) is 16.3 Å². The van der Waals surface area contributed by atoms with Crippen molar-refractivity contribution in [3.8, 4) is 0 Å². The predicted molar refractivity (Wildman–Crippen MR) is 89.1 cm³/mol. The normalized spacial score (nSPS) is 13.4. The van der Waals surface area contributed by atoms with Crippen LogP contribution in [0.1, 0.15) is 47.0 Å². The van der Waals surface area contributed by atoms with Crippen LogP contribution in [0.15, 0.2) is 34.9 Å². The lowest BCUT2D eigenvalue weighted by atomic mass is 10.1. The summed E-state index contributed by atoms with van der Waals surface area (Å²) < 4.78 is 5.03. The topological polar surface area (TPSA) is 93.4 Å². The number of anilines is 1. The number of amides is 2. The van der Waals surface area contributed by atoms with E-state index >= 15 is 0 Å². The summed E-state index contributed by atoms with van der Waals surface area (Å²) in [5, 5.41) is 4.41. The minimum Gasteiger partial charge on any atom is -0.349 e. The van der Waals surface area contributed by atoms with Gasteiger partial charge >= 0.3 is 5.91 Å². The van der Waals surface area contributed by atoms with E-state index in [-0.39, 0.29) is 17.0 Å². The molecule has 0 aliphatic carbocycles. The zero-order valence-corrected chi connectivity index (χ0v) is 14.1. The molecule has 2 aromatic heterocycles. The molecule has 25 heavy (non-hydrogen) atoms. The number of thiazole rings is 1. The Morgan fingerprint density at radius 2 is 1.84 bits per heavy atom. The van der Waals surface area contributed by atoms with Gasteiger partial charge < -0.3 is 4.52 Å². The molecule has 0 saturated heterocycles. The van der Waals surface area contributed by atoms with E-state index in [1.165, 1.54) is 11.3 Å². The molecule has 3 aromatic rings. The van der Waals surface area contributed by atoms with E-state index < -0.39 is 17.6 Å². The molecule has 0 fully saturated rings. The lowest BCUT2D eigenvalue weighted by molar-refractivity contribution is 0.0900. The SMILES string of the molecule is Cc1nc(C)c(C(=O)c2noc3c2C(=O)N(c2ccccc2)C3=O)s1. The Balaban J connectivity index is 1.79. The van der Waals surface area contributed by atoms with Crippen molar-refractivity contribution >= 4 is 34.6 Å². The lowest BCUT2D eigenvalue weighted by Crippen LogP contribution is -2.30. The fraction of sp³-hybridized carbons (Fsp3) is 0.118. The molecule has 0 radical (unpaired) electrons. The summed E-state index contributed by atoms with van der Waals surface area (Å²) in [5.41, 5.74) is 0.718. The fourth-order valence-electron chi connectivity index (χ4n) is 2.76. The number of aromatic nitrogens is 2. The van der Waals surface area contributed by atoms with Crippen molar-refractivity contribution in [2.75, 3.05) is 4.90 Å². The maximum Gasteiger partial charge on any atom is 0.304 e. The monoisotopic (exact) mass is 353 g/mol. The van der Waals surface area contributed by atoms with Crippen molar-refractivity contribution in [1.82, 2.24) is 10.1 Å². The van der Waals surface area contributed by atoms with E-state index in [1.54, 1.807) is 44.2 Å². The van der Waals surface area contributed by atoms with Gasteiger partial charge in [0.2, 0.25) is 11.5 Å². The number of rotatable bonds is 3. The zero-order valence-electron chi connectivity index (χ0n) is 13.3. The molecule has 1 aromatic carbocycles. The highest BCUT2D eigenvalue weighted by atomic mass is 32.1. The average molecular weight is 353 g/mol. The maximum atomic E-state index is 12.8. The van der Waals surface area contributed by atoms with Gasteiger partial charge in [0.05, 0.1) is 21.3 Å². The van der Waals surface area contributed by atoms with Crippen LogP contribution < -0.4 is 4.90 Å². The zero-order chi connectivity index (χ0) is 17.7. The number of benzene rings is 1. The summed E-state index contributed by atoms with van der Waals surface area (Å²) in [6.07, 6.45) is 0. The second-order valence-corrected chi connectivity index (χ2v) is 6.70. The molecule has 0 spiro atoms. The number of hydrogen-bond donors (Lipinski definition) is 0. The molecule has 3 heterocycles. The number of ketones is 1. The summed E-state index contributed by atoms with van der Waals surface area (Å²) in [5.74, 6) is -1.93. The Hall–Kier alpha value is -3.13. The minimum atomic E-state index is -0.630. The van der Waals surface area contributed by atoms with Crippen molar-refractivity contribution in [1.29, 1.82) is 0 Å².